The van der Waals surface area contributed by atoms with E-state index in [0.29, 0.717) is 23.0 Å². The number of esters is 1. The monoisotopic (exact) mass is 385 g/mol. The lowest BCUT2D eigenvalue weighted by Crippen LogP contribution is -2.15. The van der Waals surface area contributed by atoms with Crippen LogP contribution in [-0.2, 0) is 22.4 Å². The number of fused-ring (bicyclic) bond motifs is 1. The molecule has 3 rings (SSSR count). The lowest BCUT2D eigenvalue weighted by Gasteiger charge is -2.17. The summed E-state index contributed by atoms with van der Waals surface area (Å²) >= 11 is 1.34. The predicted octanol–water partition coefficient (Wildman–Crippen LogP) is 3.57. The van der Waals surface area contributed by atoms with E-state index in [0.717, 1.165) is 30.7 Å². The van der Waals surface area contributed by atoms with E-state index in [-0.39, 0.29) is 17.6 Å². The fraction of sp³-hybridized carbons (Fsp3) is 0.400. The predicted molar refractivity (Wildman–Crippen MR) is 105 cm³/mol. The quantitative estimate of drug-likeness (QED) is 0.465. The van der Waals surface area contributed by atoms with Crippen molar-refractivity contribution in [3.63, 3.8) is 0 Å². The smallest absolute Gasteiger partial charge is 0.338 e. The molecule has 0 saturated heterocycles. The van der Waals surface area contributed by atoms with Crippen LogP contribution < -0.4 is 5.32 Å². The summed E-state index contributed by atoms with van der Waals surface area (Å²) in [6.45, 7) is 4.11. The summed E-state index contributed by atoms with van der Waals surface area (Å²) in [6, 6.07) is 6.65. The second-order valence-electron chi connectivity index (χ2n) is 6.36. The van der Waals surface area contributed by atoms with Crippen LogP contribution in [0.4, 0.5) is 5.69 Å². The van der Waals surface area contributed by atoms with Gasteiger partial charge >= 0.3 is 5.97 Å². The van der Waals surface area contributed by atoms with Gasteiger partial charge in [0.25, 0.3) is 0 Å². The van der Waals surface area contributed by atoms with Crippen LogP contribution in [0.1, 0.15) is 47.1 Å². The van der Waals surface area contributed by atoms with E-state index in [1.165, 1.54) is 23.7 Å². The van der Waals surface area contributed by atoms with Crippen molar-refractivity contribution in [3.05, 3.63) is 46.8 Å². The minimum Gasteiger partial charge on any atom is -0.462 e. The molecule has 0 spiro atoms. The second-order valence-corrected chi connectivity index (χ2v) is 7.30. The summed E-state index contributed by atoms with van der Waals surface area (Å²) in [5.74, 6) is -0.272. The molecule has 1 aliphatic rings. The number of ether oxygens (including phenoxy) is 1. The number of hydrogen-bond donors (Lipinski definition) is 1. The molecule has 0 radical (unpaired) electrons. The topological polar surface area (TPSA) is 81.2 Å². The number of carbonyl (C=O) groups excluding carboxylic acids is 2. The summed E-state index contributed by atoms with van der Waals surface area (Å²) in [6.07, 6.45) is 4.40. The zero-order valence-electron chi connectivity index (χ0n) is 15.6. The number of benzene rings is 1. The molecular formula is C20H23N3O3S. The molecule has 0 aliphatic heterocycles. The SMILES string of the molecule is CCOC(=O)c1ccc(NC(=O)CSc2nc(C)c3c(n2)CCCC3)cc1. The third-order valence-corrected chi connectivity index (χ3v) is 5.23. The molecule has 0 saturated carbocycles. The molecule has 27 heavy (non-hydrogen) atoms. The Bertz CT molecular complexity index is 837. The van der Waals surface area contributed by atoms with Crippen molar-refractivity contribution in [2.45, 2.75) is 44.7 Å². The van der Waals surface area contributed by atoms with Gasteiger partial charge in [0, 0.05) is 17.1 Å². The summed E-state index contributed by atoms with van der Waals surface area (Å²) in [4.78, 5) is 33.0. The van der Waals surface area contributed by atoms with Gasteiger partial charge in [-0.2, -0.15) is 0 Å². The minimum atomic E-state index is -0.370. The molecule has 1 N–H and O–H groups in total. The van der Waals surface area contributed by atoms with Crippen molar-refractivity contribution in [3.8, 4) is 0 Å². The van der Waals surface area contributed by atoms with Crippen molar-refractivity contribution < 1.29 is 14.3 Å². The molecule has 0 bridgehead atoms. The number of hydrogen-bond acceptors (Lipinski definition) is 6. The van der Waals surface area contributed by atoms with Crippen LogP contribution in [0.3, 0.4) is 0 Å². The number of carbonyl (C=O) groups is 2. The van der Waals surface area contributed by atoms with Crippen LogP contribution in [0.25, 0.3) is 0 Å². The molecule has 1 aromatic carbocycles. The Kier molecular flexibility index (Phi) is 6.45. The standard InChI is InChI=1S/C20H23N3O3S/c1-3-26-19(25)14-8-10-15(11-9-14)22-18(24)12-27-20-21-13(2)16-6-4-5-7-17(16)23-20/h8-11H,3-7,12H2,1-2H3,(H,22,24). The van der Waals surface area contributed by atoms with Gasteiger partial charge in [-0.3, -0.25) is 4.79 Å². The molecule has 7 heteroatoms. The van der Waals surface area contributed by atoms with Gasteiger partial charge < -0.3 is 10.1 Å². The molecule has 0 unspecified atom stereocenters. The minimum absolute atomic E-state index is 0.136. The fourth-order valence-electron chi connectivity index (χ4n) is 3.05. The first-order chi connectivity index (χ1) is 13.1. The van der Waals surface area contributed by atoms with E-state index < -0.39 is 0 Å². The van der Waals surface area contributed by atoms with Gasteiger partial charge in [-0.05, 0) is 69.4 Å². The van der Waals surface area contributed by atoms with Gasteiger partial charge in [-0.15, -0.1) is 0 Å². The van der Waals surface area contributed by atoms with Gasteiger partial charge in [-0.25, -0.2) is 14.8 Å². The van der Waals surface area contributed by atoms with Crippen LogP contribution in [0.2, 0.25) is 0 Å². The molecule has 1 heterocycles. The molecule has 1 aliphatic carbocycles. The first-order valence-corrected chi connectivity index (χ1v) is 10.1. The largest absolute Gasteiger partial charge is 0.462 e. The van der Waals surface area contributed by atoms with Crippen LogP contribution >= 0.6 is 11.8 Å². The average Bonchev–Trinajstić information content (AvgIpc) is 2.67. The normalized spacial score (nSPS) is 13.0. The summed E-state index contributed by atoms with van der Waals surface area (Å²) in [7, 11) is 0. The Morgan fingerprint density at radius 2 is 1.89 bits per heavy atom. The van der Waals surface area contributed by atoms with E-state index in [1.54, 1.807) is 31.2 Å². The number of nitrogens with one attached hydrogen (secondary N) is 1. The Morgan fingerprint density at radius 1 is 1.15 bits per heavy atom. The second kappa shape index (κ2) is 8.99. The fourth-order valence-corrected chi connectivity index (χ4v) is 3.76. The third-order valence-electron chi connectivity index (χ3n) is 4.38. The first-order valence-electron chi connectivity index (χ1n) is 9.13. The van der Waals surface area contributed by atoms with Gasteiger partial charge in [0.15, 0.2) is 5.16 Å². The molecule has 0 fully saturated rings. The van der Waals surface area contributed by atoms with E-state index in [9.17, 15) is 9.59 Å². The van der Waals surface area contributed by atoms with Gasteiger partial charge in [0.1, 0.15) is 0 Å². The maximum Gasteiger partial charge on any atom is 0.338 e. The summed E-state index contributed by atoms with van der Waals surface area (Å²) < 4.78 is 4.94. The number of rotatable bonds is 6. The molecular weight excluding hydrogens is 362 g/mol. The maximum atomic E-state index is 12.2. The van der Waals surface area contributed by atoms with Crippen LogP contribution in [0, 0.1) is 6.92 Å². The summed E-state index contributed by atoms with van der Waals surface area (Å²) in [5, 5.41) is 3.47. The molecule has 142 valence electrons. The van der Waals surface area contributed by atoms with E-state index >= 15 is 0 Å². The highest BCUT2D eigenvalue weighted by Gasteiger charge is 2.16. The lowest BCUT2D eigenvalue weighted by atomic mass is 9.95. The zero-order valence-corrected chi connectivity index (χ0v) is 16.4. The lowest BCUT2D eigenvalue weighted by molar-refractivity contribution is -0.113. The Hall–Kier alpha value is -2.41. The highest BCUT2D eigenvalue weighted by molar-refractivity contribution is 7.99. The van der Waals surface area contributed by atoms with Gasteiger partial charge in [0.05, 0.1) is 17.9 Å². The number of anilines is 1. The van der Waals surface area contributed by atoms with Crippen LogP contribution in [-0.4, -0.2) is 34.2 Å². The number of thioether (sulfide) groups is 1. The highest BCUT2D eigenvalue weighted by atomic mass is 32.2. The molecule has 2 aromatic rings. The zero-order chi connectivity index (χ0) is 19.2. The molecule has 0 atom stereocenters. The van der Waals surface area contributed by atoms with Gasteiger partial charge in [0.2, 0.25) is 5.91 Å². The van der Waals surface area contributed by atoms with Crippen molar-refractivity contribution >= 4 is 29.3 Å². The highest BCUT2D eigenvalue weighted by Crippen LogP contribution is 2.24. The van der Waals surface area contributed by atoms with E-state index in [1.807, 2.05) is 6.92 Å². The molecule has 1 amide bonds. The number of nitrogens with zero attached hydrogens (tertiary/aromatic N) is 2. The number of aryl methyl sites for hydroxylation is 2. The van der Waals surface area contributed by atoms with Crippen molar-refractivity contribution in [2.75, 3.05) is 17.7 Å². The Morgan fingerprint density at radius 3 is 2.63 bits per heavy atom. The van der Waals surface area contributed by atoms with Crippen LogP contribution in [0.5, 0.6) is 0 Å². The van der Waals surface area contributed by atoms with Crippen LogP contribution in [0.15, 0.2) is 29.4 Å². The summed E-state index contributed by atoms with van der Waals surface area (Å²) in [5.41, 5.74) is 4.53. The van der Waals surface area contributed by atoms with Crippen molar-refractivity contribution in [2.24, 2.45) is 0 Å². The van der Waals surface area contributed by atoms with E-state index in [4.69, 9.17) is 4.74 Å². The first kappa shape index (κ1) is 19.4. The van der Waals surface area contributed by atoms with Crippen molar-refractivity contribution in [1.82, 2.24) is 9.97 Å². The molecule has 1 aromatic heterocycles. The average molecular weight is 385 g/mol. The van der Waals surface area contributed by atoms with Crippen molar-refractivity contribution in [1.29, 1.82) is 0 Å². The maximum absolute atomic E-state index is 12.2. The van der Waals surface area contributed by atoms with Gasteiger partial charge in [-0.1, -0.05) is 11.8 Å². The molecule has 6 nitrogen and oxygen atoms in total. The Balaban J connectivity index is 1.55. The number of amides is 1. The van der Waals surface area contributed by atoms with E-state index in [2.05, 4.69) is 15.3 Å². The number of aromatic nitrogens is 2. The third kappa shape index (κ3) is 5.07. The Labute approximate surface area is 163 Å².